The molecule has 0 aliphatic heterocycles. The first-order chi connectivity index (χ1) is 9.70. The molecule has 0 aliphatic rings. The molecule has 0 saturated heterocycles. The van der Waals surface area contributed by atoms with Gasteiger partial charge in [0.05, 0.1) is 0 Å². The van der Waals surface area contributed by atoms with Crippen LogP contribution in [-0.2, 0) is 12.0 Å². The van der Waals surface area contributed by atoms with Gasteiger partial charge in [-0.05, 0) is 29.5 Å². The number of benzene rings is 2. The van der Waals surface area contributed by atoms with Crippen LogP contribution in [0.5, 0.6) is 0 Å². The number of aliphatic hydroxyl groups is 1. The average molecular weight is 289 g/mol. The Morgan fingerprint density at radius 2 is 1.70 bits per heavy atom. The fourth-order valence-electron chi connectivity index (χ4n) is 2.58. The van der Waals surface area contributed by atoms with Gasteiger partial charge in [-0.1, -0.05) is 67.9 Å². The Morgan fingerprint density at radius 3 is 2.35 bits per heavy atom. The second kappa shape index (κ2) is 6.92. The maximum atomic E-state index is 11.2. The Bertz CT molecular complexity index is 538. The fourth-order valence-corrected chi connectivity index (χ4v) is 2.85. The van der Waals surface area contributed by atoms with E-state index in [2.05, 4.69) is 19.1 Å². The second-order valence-electron chi connectivity index (χ2n) is 5.12. The molecular formula is C18H21ClO. The van der Waals surface area contributed by atoms with E-state index >= 15 is 0 Å². The van der Waals surface area contributed by atoms with E-state index in [1.165, 1.54) is 5.56 Å². The molecule has 20 heavy (non-hydrogen) atoms. The molecule has 2 aromatic carbocycles. The van der Waals surface area contributed by atoms with Crippen molar-refractivity contribution in [2.45, 2.75) is 31.8 Å². The monoisotopic (exact) mass is 288 g/mol. The number of hydrogen-bond donors (Lipinski definition) is 1. The SMILES string of the molecule is CCCc1cccc(C(O)(CCCl)c2ccccc2)c1. The number of hydrogen-bond acceptors (Lipinski definition) is 1. The maximum absolute atomic E-state index is 11.2. The van der Waals surface area contributed by atoms with E-state index in [4.69, 9.17) is 11.6 Å². The van der Waals surface area contributed by atoms with Gasteiger partial charge in [0.25, 0.3) is 0 Å². The van der Waals surface area contributed by atoms with Gasteiger partial charge in [0.1, 0.15) is 5.60 Å². The minimum absolute atomic E-state index is 0.420. The highest BCUT2D eigenvalue weighted by molar-refractivity contribution is 6.17. The van der Waals surface area contributed by atoms with Gasteiger partial charge >= 0.3 is 0 Å². The standard InChI is InChI=1S/C18H21ClO/c1-2-7-15-8-6-11-17(14-15)18(20,12-13-19)16-9-4-3-5-10-16/h3-6,8-11,14,20H,2,7,12-13H2,1H3. The number of halogens is 1. The summed E-state index contributed by atoms with van der Waals surface area (Å²) < 4.78 is 0. The Kier molecular flexibility index (Phi) is 5.22. The molecule has 0 spiro atoms. The number of alkyl halides is 1. The van der Waals surface area contributed by atoms with Crippen LogP contribution in [0, 0.1) is 0 Å². The van der Waals surface area contributed by atoms with E-state index in [-0.39, 0.29) is 0 Å². The first kappa shape index (κ1) is 15.1. The van der Waals surface area contributed by atoms with Crippen LogP contribution in [-0.4, -0.2) is 11.0 Å². The zero-order valence-electron chi connectivity index (χ0n) is 11.8. The van der Waals surface area contributed by atoms with Crippen molar-refractivity contribution in [3.63, 3.8) is 0 Å². The third kappa shape index (κ3) is 3.23. The number of aryl methyl sites for hydroxylation is 1. The predicted octanol–water partition coefficient (Wildman–Crippen LogP) is 4.50. The average Bonchev–Trinajstić information content (AvgIpc) is 2.49. The van der Waals surface area contributed by atoms with Crippen LogP contribution >= 0.6 is 11.6 Å². The summed E-state index contributed by atoms with van der Waals surface area (Å²) in [6.07, 6.45) is 2.64. The van der Waals surface area contributed by atoms with Gasteiger partial charge in [-0.3, -0.25) is 0 Å². The molecule has 0 radical (unpaired) electrons. The zero-order valence-corrected chi connectivity index (χ0v) is 12.6. The Balaban J connectivity index is 2.45. The van der Waals surface area contributed by atoms with Crippen LogP contribution in [0.1, 0.15) is 36.5 Å². The molecule has 0 heterocycles. The Labute approximate surface area is 126 Å². The highest BCUT2D eigenvalue weighted by Crippen LogP contribution is 2.33. The number of rotatable bonds is 6. The normalized spacial score (nSPS) is 13.9. The minimum Gasteiger partial charge on any atom is -0.380 e. The lowest BCUT2D eigenvalue weighted by molar-refractivity contribution is 0.0774. The molecule has 0 amide bonds. The van der Waals surface area contributed by atoms with Crippen LogP contribution in [0.4, 0.5) is 0 Å². The highest BCUT2D eigenvalue weighted by Gasteiger charge is 2.30. The van der Waals surface area contributed by atoms with Crippen LogP contribution in [0.3, 0.4) is 0 Å². The fraction of sp³-hybridized carbons (Fsp3) is 0.333. The first-order valence-electron chi connectivity index (χ1n) is 7.14. The van der Waals surface area contributed by atoms with Gasteiger partial charge in [-0.15, -0.1) is 11.6 Å². The summed E-state index contributed by atoms with van der Waals surface area (Å²) in [6, 6.07) is 18.0. The molecule has 0 fully saturated rings. The van der Waals surface area contributed by atoms with Gasteiger partial charge in [0, 0.05) is 5.88 Å². The molecule has 0 aliphatic carbocycles. The summed E-state index contributed by atoms with van der Waals surface area (Å²) in [4.78, 5) is 0. The van der Waals surface area contributed by atoms with Gasteiger partial charge < -0.3 is 5.11 Å². The second-order valence-corrected chi connectivity index (χ2v) is 5.49. The third-order valence-electron chi connectivity index (χ3n) is 3.65. The van der Waals surface area contributed by atoms with Crippen molar-refractivity contribution in [3.05, 3.63) is 71.3 Å². The van der Waals surface area contributed by atoms with E-state index < -0.39 is 5.60 Å². The molecular weight excluding hydrogens is 268 g/mol. The van der Waals surface area contributed by atoms with Gasteiger partial charge in [-0.2, -0.15) is 0 Å². The zero-order chi connectivity index (χ0) is 14.4. The third-order valence-corrected chi connectivity index (χ3v) is 3.84. The van der Waals surface area contributed by atoms with E-state index in [9.17, 15) is 5.11 Å². The van der Waals surface area contributed by atoms with Crippen molar-refractivity contribution >= 4 is 11.6 Å². The summed E-state index contributed by atoms with van der Waals surface area (Å²) in [5.41, 5.74) is 2.07. The summed E-state index contributed by atoms with van der Waals surface area (Å²) in [7, 11) is 0. The molecule has 1 atom stereocenters. The summed E-state index contributed by atoms with van der Waals surface area (Å²) in [6.45, 7) is 2.16. The van der Waals surface area contributed by atoms with E-state index in [1.54, 1.807) is 0 Å². The molecule has 0 bridgehead atoms. The smallest absolute Gasteiger partial charge is 0.116 e. The van der Waals surface area contributed by atoms with Gasteiger partial charge in [-0.25, -0.2) is 0 Å². The molecule has 2 aromatic rings. The van der Waals surface area contributed by atoms with Crippen molar-refractivity contribution in [1.29, 1.82) is 0 Å². The molecule has 1 N–H and O–H groups in total. The van der Waals surface area contributed by atoms with Crippen LogP contribution in [0.25, 0.3) is 0 Å². The molecule has 2 heteroatoms. The van der Waals surface area contributed by atoms with E-state index in [1.807, 2.05) is 42.5 Å². The van der Waals surface area contributed by atoms with Crippen LogP contribution in [0.15, 0.2) is 54.6 Å². The predicted molar refractivity (Wildman–Crippen MR) is 85.2 cm³/mol. The van der Waals surface area contributed by atoms with Crippen molar-refractivity contribution in [2.24, 2.45) is 0 Å². The Morgan fingerprint density at radius 1 is 1.00 bits per heavy atom. The quantitative estimate of drug-likeness (QED) is 0.776. The summed E-state index contributed by atoms with van der Waals surface area (Å²) in [5.74, 6) is 0.420. The van der Waals surface area contributed by atoms with Gasteiger partial charge in [0.2, 0.25) is 0 Å². The molecule has 0 saturated carbocycles. The minimum atomic E-state index is -1.01. The summed E-state index contributed by atoms with van der Waals surface area (Å²) in [5, 5.41) is 11.2. The van der Waals surface area contributed by atoms with Crippen LogP contribution < -0.4 is 0 Å². The molecule has 1 nitrogen and oxygen atoms in total. The molecule has 106 valence electrons. The van der Waals surface area contributed by atoms with Crippen molar-refractivity contribution in [1.82, 2.24) is 0 Å². The lowest BCUT2D eigenvalue weighted by Gasteiger charge is -2.29. The topological polar surface area (TPSA) is 20.2 Å². The first-order valence-corrected chi connectivity index (χ1v) is 7.67. The van der Waals surface area contributed by atoms with Gasteiger partial charge in [0.15, 0.2) is 0 Å². The highest BCUT2D eigenvalue weighted by atomic mass is 35.5. The van der Waals surface area contributed by atoms with Crippen molar-refractivity contribution in [2.75, 3.05) is 5.88 Å². The van der Waals surface area contributed by atoms with E-state index in [0.29, 0.717) is 12.3 Å². The lowest BCUT2D eigenvalue weighted by atomic mass is 9.83. The molecule has 0 aromatic heterocycles. The molecule has 2 rings (SSSR count). The Hall–Kier alpha value is -1.31. The largest absolute Gasteiger partial charge is 0.380 e. The van der Waals surface area contributed by atoms with Crippen LogP contribution in [0.2, 0.25) is 0 Å². The van der Waals surface area contributed by atoms with Crippen molar-refractivity contribution in [3.8, 4) is 0 Å². The van der Waals surface area contributed by atoms with E-state index in [0.717, 1.165) is 24.0 Å². The lowest BCUT2D eigenvalue weighted by Crippen LogP contribution is -2.28. The molecule has 1 unspecified atom stereocenters. The van der Waals surface area contributed by atoms with Crippen molar-refractivity contribution < 1.29 is 5.11 Å². The summed E-state index contributed by atoms with van der Waals surface area (Å²) >= 11 is 5.93. The maximum Gasteiger partial charge on any atom is 0.116 e.